The van der Waals surface area contributed by atoms with Gasteiger partial charge in [0.25, 0.3) is 0 Å². The van der Waals surface area contributed by atoms with Gasteiger partial charge in [-0.1, -0.05) is 71.1 Å². The minimum absolute atomic E-state index is 1.08. The first kappa shape index (κ1) is 14.0. The van der Waals surface area contributed by atoms with Crippen molar-refractivity contribution in [3.05, 3.63) is 13.3 Å². The first-order chi connectivity index (χ1) is 6.91. The number of unbranched alkanes of at least 4 members (excludes halogenated alkanes) is 11. The molecule has 14 heavy (non-hydrogen) atoms. The van der Waals surface area contributed by atoms with E-state index in [4.69, 9.17) is 0 Å². The molecule has 0 aromatic carbocycles. The number of hydrogen-bond acceptors (Lipinski definition) is 0. The molecule has 0 bridgehead atoms. The minimum Gasteiger partial charge on any atom is -0.0654 e. The largest absolute Gasteiger partial charge is 0.0654 e. The summed E-state index contributed by atoms with van der Waals surface area (Å²) < 4.78 is 0. The summed E-state index contributed by atoms with van der Waals surface area (Å²) in [6.07, 6.45) is 18.1. The molecule has 0 N–H and O–H groups in total. The van der Waals surface area contributed by atoms with Crippen LogP contribution in [0.15, 0.2) is 0 Å². The lowest BCUT2D eigenvalue weighted by Gasteiger charge is -2.01. The van der Waals surface area contributed by atoms with E-state index in [1.54, 1.807) is 0 Å². The second kappa shape index (κ2) is 13.0. The zero-order valence-corrected chi connectivity index (χ0v) is 9.99. The smallest absolute Gasteiger partial charge is 0.0173 e. The molecule has 0 saturated heterocycles. The van der Waals surface area contributed by atoms with Crippen molar-refractivity contribution in [2.75, 3.05) is 0 Å². The first-order valence-electron chi connectivity index (χ1n) is 6.41. The summed E-state index contributed by atoms with van der Waals surface area (Å²) in [7, 11) is 0. The third-order valence-corrected chi connectivity index (χ3v) is 2.71. The normalized spacial score (nSPS) is 10.7. The van der Waals surface area contributed by atoms with Gasteiger partial charge in [0.15, 0.2) is 0 Å². The molecule has 0 fully saturated rings. The molecular formula is C14H27. The quantitative estimate of drug-likeness (QED) is 0.397. The molecule has 0 atom stereocenters. The maximum Gasteiger partial charge on any atom is -0.0173 e. The summed E-state index contributed by atoms with van der Waals surface area (Å²) in [5, 5.41) is 0. The van der Waals surface area contributed by atoms with Gasteiger partial charge in [-0.2, -0.15) is 0 Å². The Morgan fingerprint density at radius 3 is 1.57 bits per heavy atom. The van der Waals surface area contributed by atoms with Crippen LogP contribution in [0, 0.1) is 13.3 Å². The minimum atomic E-state index is 1.08. The van der Waals surface area contributed by atoms with Gasteiger partial charge in [-0.3, -0.25) is 0 Å². The van der Waals surface area contributed by atoms with Crippen LogP contribution >= 0.6 is 0 Å². The topological polar surface area (TPSA) is 0 Å². The fraction of sp³-hybridized carbons (Fsp3) is 0.857. The molecule has 0 rings (SSSR count). The maximum atomic E-state index is 3.61. The molecule has 0 amide bonds. The van der Waals surface area contributed by atoms with Crippen molar-refractivity contribution in [2.24, 2.45) is 0 Å². The lowest BCUT2D eigenvalue weighted by Crippen LogP contribution is -1.81. The van der Waals surface area contributed by atoms with Gasteiger partial charge < -0.3 is 0 Å². The third-order valence-electron chi connectivity index (χ3n) is 2.71. The van der Waals surface area contributed by atoms with E-state index in [0.29, 0.717) is 0 Å². The van der Waals surface area contributed by atoms with E-state index in [-0.39, 0.29) is 0 Å². The molecule has 0 aliphatic carbocycles. The molecule has 0 heterocycles. The summed E-state index contributed by atoms with van der Waals surface area (Å²) in [4.78, 5) is 0. The molecule has 0 heteroatoms. The molecule has 83 valence electrons. The molecule has 0 aliphatic heterocycles. The molecule has 0 aromatic rings. The molecule has 0 unspecified atom stereocenters. The van der Waals surface area contributed by atoms with E-state index in [1.807, 2.05) is 0 Å². The second-order valence-corrected chi connectivity index (χ2v) is 4.18. The Bertz CT molecular complexity index is 74.0. The van der Waals surface area contributed by atoms with Crippen molar-refractivity contribution in [1.29, 1.82) is 0 Å². The van der Waals surface area contributed by atoms with Crippen LogP contribution in [0.4, 0.5) is 0 Å². The lowest BCUT2D eigenvalue weighted by atomic mass is 10.1. The van der Waals surface area contributed by atoms with E-state index in [1.165, 1.54) is 64.2 Å². The Hall–Kier alpha value is 0. The van der Waals surface area contributed by atoms with Gasteiger partial charge in [-0.15, -0.1) is 0 Å². The van der Waals surface area contributed by atoms with Gasteiger partial charge in [0.05, 0.1) is 0 Å². The predicted octanol–water partition coefficient (Wildman–Crippen LogP) is 5.21. The van der Waals surface area contributed by atoms with E-state index in [9.17, 15) is 0 Å². The summed E-state index contributed by atoms with van der Waals surface area (Å²) in [5.41, 5.74) is 0. The molecule has 0 nitrogen and oxygen atoms in total. The summed E-state index contributed by atoms with van der Waals surface area (Å²) >= 11 is 0. The highest BCUT2D eigenvalue weighted by molar-refractivity contribution is 4.65. The zero-order chi connectivity index (χ0) is 10.5. The van der Waals surface area contributed by atoms with E-state index in [0.717, 1.165) is 6.42 Å². The highest BCUT2D eigenvalue weighted by Gasteiger charge is 1.91. The Kier molecular flexibility index (Phi) is 13.0. The fourth-order valence-electron chi connectivity index (χ4n) is 1.74. The van der Waals surface area contributed by atoms with Gasteiger partial charge in [-0.05, 0) is 19.8 Å². The highest BCUT2D eigenvalue weighted by atomic mass is 14.0. The Labute approximate surface area is 91.5 Å². The molecule has 0 aliphatic rings. The standard InChI is InChI=1S/C14H27/c1-3-5-7-9-11-13-14-12-10-8-6-4-2/h1,4-14H2,2H3. The third kappa shape index (κ3) is 12.0. The van der Waals surface area contributed by atoms with Crippen molar-refractivity contribution < 1.29 is 0 Å². The SMILES string of the molecule is [CH2][C]CCCCCCCCCCCC. The van der Waals surface area contributed by atoms with Crippen LogP contribution in [-0.4, -0.2) is 0 Å². The van der Waals surface area contributed by atoms with Crippen LogP contribution < -0.4 is 0 Å². The molecule has 0 saturated carbocycles. The van der Waals surface area contributed by atoms with E-state index in [2.05, 4.69) is 20.3 Å². The van der Waals surface area contributed by atoms with Crippen LogP contribution in [-0.2, 0) is 0 Å². The molecule has 0 aromatic heterocycles. The second-order valence-electron chi connectivity index (χ2n) is 4.18. The molecular weight excluding hydrogens is 168 g/mol. The van der Waals surface area contributed by atoms with Crippen molar-refractivity contribution in [2.45, 2.75) is 77.6 Å². The predicted molar refractivity (Wildman–Crippen MR) is 65.1 cm³/mol. The summed E-state index contributed by atoms with van der Waals surface area (Å²) in [5.74, 6) is 0. The van der Waals surface area contributed by atoms with Crippen LogP contribution in [0.3, 0.4) is 0 Å². The summed E-state index contributed by atoms with van der Waals surface area (Å²) in [6, 6.07) is 0. The average Bonchev–Trinajstić information content (AvgIpc) is 2.21. The van der Waals surface area contributed by atoms with Gasteiger partial charge in [-0.25, -0.2) is 0 Å². The van der Waals surface area contributed by atoms with Crippen LogP contribution in [0.2, 0.25) is 0 Å². The van der Waals surface area contributed by atoms with Crippen molar-refractivity contribution in [1.82, 2.24) is 0 Å². The van der Waals surface area contributed by atoms with Gasteiger partial charge >= 0.3 is 0 Å². The van der Waals surface area contributed by atoms with Crippen molar-refractivity contribution in [3.8, 4) is 0 Å². The summed E-state index contributed by atoms with van der Waals surface area (Å²) in [6.45, 7) is 5.89. The molecule has 3 radical (unpaired) electrons. The fourth-order valence-corrected chi connectivity index (χ4v) is 1.74. The Morgan fingerprint density at radius 1 is 0.714 bits per heavy atom. The molecule has 0 spiro atoms. The van der Waals surface area contributed by atoms with Gasteiger partial charge in [0.2, 0.25) is 0 Å². The maximum absolute atomic E-state index is 3.61. The van der Waals surface area contributed by atoms with Gasteiger partial charge in [0.1, 0.15) is 0 Å². The Balaban J connectivity index is 2.78. The monoisotopic (exact) mass is 195 g/mol. The Morgan fingerprint density at radius 2 is 1.14 bits per heavy atom. The lowest BCUT2D eigenvalue weighted by molar-refractivity contribution is 0.556. The highest BCUT2D eigenvalue weighted by Crippen LogP contribution is 2.11. The van der Waals surface area contributed by atoms with E-state index < -0.39 is 0 Å². The number of hydrogen-bond donors (Lipinski definition) is 0. The van der Waals surface area contributed by atoms with Crippen molar-refractivity contribution in [3.63, 3.8) is 0 Å². The van der Waals surface area contributed by atoms with E-state index >= 15 is 0 Å². The first-order valence-corrected chi connectivity index (χ1v) is 6.41. The van der Waals surface area contributed by atoms with Crippen LogP contribution in [0.25, 0.3) is 0 Å². The zero-order valence-electron chi connectivity index (χ0n) is 9.99. The van der Waals surface area contributed by atoms with Gasteiger partial charge in [0, 0.05) is 0 Å². The van der Waals surface area contributed by atoms with Crippen LogP contribution in [0.5, 0.6) is 0 Å². The number of rotatable bonds is 11. The van der Waals surface area contributed by atoms with Crippen LogP contribution in [0.1, 0.15) is 77.6 Å². The average molecular weight is 195 g/mol. The van der Waals surface area contributed by atoms with Crippen molar-refractivity contribution >= 4 is 0 Å².